The zero-order valence-corrected chi connectivity index (χ0v) is 12.2. The number of hydrogen-bond acceptors (Lipinski definition) is 4. The summed E-state index contributed by atoms with van der Waals surface area (Å²) in [5.41, 5.74) is 0.122. The Morgan fingerprint density at radius 3 is 2.68 bits per heavy atom. The maximum Gasteiger partial charge on any atom is 0.437 e. The van der Waals surface area contributed by atoms with Gasteiger partial charge >= 0.3 is 5.76 Å². The summed E-state index contributed by atoms with van der Waals surface area (Å²) in [6.07, 6.45) is 3.00. The first-order valence-corrected chi connectivity index (χ1v) is 7.09. The third-order valence-corrected chi connectivity index (χ3v) is 4.69. The average Bonchev–Trinajstić information content (AvgIpc) is 2.68. The van der Waals surface area contributed by atoms with E-state index in [0.717, 1.165) is 19.3 Å². The molecular formula is C14H24N2O3. The van der Waals surface area contributed by atoms with E-state index in [9.17, 15) is 9.90 Å². The Morgan fingerprint density at radius 1 is 1.47 bits per heavy atom. The van der Waals surface area contributed by atoms with Crippen molar-refractivity contribution in [2.45, 2.75) is 65.5 Å². The third-order valence-electron chi connectivity index (χ3n) is 4.69. The van der Waals surface area contributed by atoms with E-state index in [1.165, 1.54) is 4.68 Å². The summed E-state index contributed by atoms with van der Waals surface area (Å²) in [5, 5.41) is 14.1. The van der Waals surface area contributed by atoms with Crippen molar-refractivity contribution in [2.24, 2.45) is 11.3 Å². The number of aliphatic hydroxyl groups is 1. The molecule has 5 heteroatoms. The highest BCUT2D eigenvalue weighted by Gasteiger charge is 2.41. The SMILES string of the molecule is CCC(C)(C)C1CCC(O)CC1n1nc(C)oc1=O. The predicted octanol–water partition coefficient (Wildman–Crippen LogP) is 2.28. The number of nitrogens with zero attached hydrogens (tertiary/aromatic N) is 2. The van der Waals surface area contributed by atoms with Crippen molar-refractivity contribution in [2.75, 3.05) is 0 Å². The molecule has 1 aliphatic carbocycles. The lowest BCUT2D eigenvalue weighted by Gasteiger charge is -2.42. The zero-order valence-electron chi connectivity index (χ0n) is 12.2. The minimum absolute atomic E-state index is 0.0661. The van der Waals surface area contributed by atoms with E-state index in [1.807, 2.05) is 0 Å². The zero-order chi connectivity index (χ0) is 14.2. The first kappa shape index (κ1) is 14.3. The van der Waals surface area contributed by atoms with Crippen LogP contribution in [0.3, 0.4) is 0 Å². The van der Waals surface area contributed by atoms with Crippen LogP contribution in [0.5, 0.6) is 0 Å². The van der Waals surface area contributed by atoms with Gasteiger partial charge in [0.1, 0.15) is 0 Å². The van der Waals surface area contributed by atoms with Gasteiger partial charge in [0, 0.05) is 6.92 Å². The van der Waals surface area contributed by atoms with Crippen molar-refractivity contribution < 1.29 is 9.52 Å². The molecule has 0 saturated heterocycles. The van der Waals surface area contributed by atoms with E-state index in [2.05, 4.69) is 25.9 Å². The molecule has 1 fully saturated rings. The minimum atomic E-state index is -0.409. The molecule has 3 unspecified atom stereocenters. The van der Waals surface area contributed by atoms with Gasteiger partial charge in [0.05, 0.1) is 12.1 Å². The van der Waals surface area contributed by atoms with Crippen molar-refractivity contribution in [1.82, 2.24) is 9.78 Å². The highest BCUT2D eigenvalue weighted by Crippen LogP contribution is 2.45. The van der Waals surface area contributed by atoms with Gasteiger partial charge in [-0.05, 0) is 30.6 Å². The highest BCUT2D eigenvalue weighted by molar-refractivity contribution is 4.91. The molecule has 5 nitrogen and oxygen atoms in total. The van der Waals surface area contributed by atoms with E-state index in [-0.39, 0.29) is 17.6 Å². The van der Waals surface area contributed by atoms with Gasteiger partial charge in [-0.3, -0.25) is 0 Å². The highest BCUT2D eigenvalue weighted by atomic mass is 16.4. The molecular weight excluding hydrogens is 244 g/mol. The Labute approximate surface area is 113 Å². The van der Waals surface area contributed by atoms with E-state index in [1.54, 1.807) is 6.92 Å². The minimum Gasteiger partial charge on any atom is -0.393 e. The average molecular weight is 268 g/mol. The fraction of sp³-hybridized carbons (Fsp3) is 0.857. The van der Waals surface area contributed by atoms with Crippen LogP contribution in [0.25, 0.3) is 0 Å². The van der Waals surface area contributed by atoms with Crippen LogP contribution in [-0.4, -0.2) is 21.0 Å². The summed E-state index contributed by atoms with van der Waals surface area (Å²) in [4.78, 5) is 11.9. The molecule has 108 valence electrons. The number of aliphatic hydroxyl groups excluding tert-OH is 1. The largest absolute Gasteiger partial charge is 0.437 e. The molecule has 1 aromatic rings. The van der Waals surface area contributed by atoms with Crippen LogP contribution in [0.15, 0.2) is 9.21 Å². The predicted molar refractivity (Wildman–Crippen MR) is 72.0 cm³/mol. The van der Waals surface area contributed by atoms with Crippen molar-refractivity contribution in [3.05, 3.63) is 16.4 Å². The molecule has 0 bridgehead atoms. The van der Waals surface area contributed by atoms with E-state index in [4.69, 9.17) is 4.42 Å². The van der Waals surface area contributed by atoms with E-state index < -0.39 is 5.76 Å². The molecule has 0 amide bonds. The number of hydrogen-bond donors (Lipinski definition) is 1. The third kappa shape index (κ3) is 2.76. The molecule has 0 radical (unpaired) electrons. The van der Waals surface area contributed by atoms with Gasteiger partial charge in [-0.25, -0.2) is 4.79 Å². The van der Waals surface area contributed by atoms with Crippen LogP contribution in [-0.2, 0) is 0 Å². The summed E-state index contributed by atoms with van der Waals surface area (Å²) >= 11 is 0. The van der Waals surface area contributed by atoms with Crippen molar-refractivity contribution in [3.63, 3.8) is 0 Å². The molecule has 3 atom stereocenters. The van der Waals surface area contributed by atoms with Gasteiger partial charge in [0.15, 0.2) is 0 Å². The summed E-state index contributed by atoms with van der Waals surface area (Å²) in [7, 11) is 0. The molecule has 0 aromatic carbocycles. The number of aromatic nitrogens is 2. The topological polar surface area (TPSA) is 68.3 Å². The van der Waals surface area contributed by atoms with Crippen LogP contribution in [0, 0.1) is 18.3 Å². The van der Waals surface area contributed by atoms with Gasteiger partial charge in [-0.1, -0.05) is 27.2 Å². The van der Waals surface area contributed by atoms with E-state index in [0.29, 0.717) is 18.2 Å². The van der Waals surface area contributed by atoms with E-state index >= 15 is 0 Å². The number of rotatable bonds is 3. The Hall–Kier alpha value is -1.10. The van der Waals surface area contributed by atoms with Gasteiger partial charge < -0.3 is 9.52 Å². The Balaban J connectivity index is 2.37. The maximum absolute atomic E-state index is 11.9. The lowest BCUT2D eigenvalue weighted by molar-refractivity contribution is 0.0149. The van der Waals surface area contributed by atoms with Gasteiger partial charge in [0.25, 0.3) is 0 Å². The fourth-order valence-corrected chi connectivity index (χ4v) is 3.16. The second kappa shape index (κ2) is 5.12. The first-order chi connectivity index (χ1) is 8.85. The van der Waals surface area contributed by atoms with Crippen molar-refractivity contribution >= 4 is 0 Å². The quantitative estimate of drug-likeness (QED) is 0.913. The molecule has 1 N–H and O–H groups in total. The second-order valence-corrected chi connectivity index (χ2v) is 6.31. The first-order valence-electron chi connectivity index (χ1n) is 7.09. The molecule has 2 rings (SSSR count). The molecule has 1 heterocycles. The summed E-state index contributed by atoms with van der Waals surface area (Å²) in [6, 6.07) is -0.0661. The van der Waals surface area contributed by atoms with Gasteiger partial charge in [-0.15, -0.1) is 5.10 Å². The van der Waals surface area contributed by atoms with Crippen LogP contribution in [0.4, 0.5) is 0 Å². The Bertz CT molecular complexity index is 489. The Kier molecular flexibility index (Phi) is 3.85. The lowest BCUT2D eigenvalue weighted by atomic mass is 9.66. The molecule has 1 aromatic heterocycles. The normalized spacial score (nSPS) is 28.6. The summed E-state index contributed by atoms with van der Waals surface area (Å²) < 4.78 is 6.46. The molecule has 19 heavy (non-hydrogen) atoms. The Morgan fingerprint density at radius 2 is 2.16 bits per heavy atom. The monoisotopic (exact) mass is 268 g/mol. The second-order valence-electron chi connectivity index (χ2n) is 6.31. The van der Waals surface area contributed by atoms with Crippen LogP contribution < -0.4 is 5.76 Å². The number of aryl methyl sites for hydroxylation is 1. The fourth-order valence-electron chi connectivity index (χ4n) is 3.16. The smallest absolute Gasteiger partial charge is 0.393 e. The van der Waals surface area contributed by atoms with Crippen molar-refractivity contribution in [3.8, 4) is 0 Å². The van der Waals surface area contributed by atoms with Crippen LogP contribution >= 0.6 is 0 Å². The van der Waals surface area contributed by atoms with Gasteiger partial charge in [0.2, 0.25) is 5.89 Å². The lowest BCUT2D eigenvalue weighted by Crippen LogP contribution is -2.41. The summed E-state index contributed by atoms with van der Waals surface area (Å²) in [6.45, 7) is 8.29. The molecule has 1 aliphatic rings. The molecule has 0 spiro atoms. The van der Waals surface area contributed by atoms with Gasteiger partial charge in [-0.2, -0.15) is 4.68 Å². The molecule has 1 saturated carbocycles. The molecule has 0 aliphatic heterocycles. The van der Waals surface area contributed by atoms with Crippen LogP contribution in [0.2, 0.25) is 0 Å². The maximum atomic E-state index is 11.9. The van der Waals surface area contributed by atoms with Crippen LogP contribution in [0.1, 0.15) is 58.4 Å². The summed E-state index contributed by atoms with van der Waals surface area (Å²) in [5.74, 6) is 0.315. The van der Waals surface area contributed by atoms with Crippen molar-refractivity contribution in [1.29, 1.82) is 0 Å². The standard InChI is InChI=1S/C14H24N2O3/c1-5-14(3,4)11-7-6-10(17)8-12(11)16-13(18)19-9(2)15-16/h10-12,17H,5-8H2,1-4H3.